The van der Waals surface area contributed by atoms with E-state index in [1.807, 2.05) is 0 Å². The molecule has 1 N–H and O–H groups in total. The standard InChI is InChI=1S/C17H32N2O2/c1-18-8-9-19(2)15(13-18)11-16(20)14-5-10-21-17(12-14)6-3-4-7-17/h14-16,20H,3-13H2,1-2H3. The molecule has 1 aliphatic carbocycles. The topological polar surface area (TPSA) is 35.9 Å². The molecule has 4 nitrogen and oxygen atoms in total. The maximum Gasteiger partial charge on any atom is 0.0686 e. The van der Waals surface area contributed by atoms with Crippen molar-refractivity contribution in [2.24, 2.45) is 5.92 Å². The lowest BCUT2D eigenvalue weighted by Gasteiger charge is -2.43. The molecule has 1 spiro atoms. The molecule has 0 amide bonds. The van der Waals surface area contributed by atoms with Crippen molar-refractivity contribution in [3.8, 4) is 0 Å². The molecule has 1 saturated carbocycles. The number of likely N-dealkylation sites (N-methyl/N-ethyl adjacent to an activating group) is 2. The summed E-state index contributed by atoms with van der Waals surface area (Å²) in [6.07, 6.45) is 7.91. The van der Waals surface area contributed by atoms with Gasteiger partial charge >= 0.3 is 0 Å². The zero-order chi connectivity index (χ0) is 14.9. The summed E-state index contributed by atoms with van der Waals surface area (Å²) in [5.41, 5.74) is 0.124. The highest BCUT2D eigenvalue weighted by Gasteiger charge is 2.42. The molecular weight excluding hydrogens is 264 g/mol. The van der Waals surface area contributed by atoms with Crippen molar-refractivity contribution in [2.75, 3.05) is 40.3 Å². The number of hydrogen-bond acceptors (Lipinski definition) is 4. The number of rotatable bonds is 3. The van der Waals surface area contributed by atoms with Gasteiger partial charge < -0.3 is 19.6 Å². The lowest BCUT2D eigenvalue weighted by atomic mass is 9.80. The van der Waals surface area contributed by atoms with E-state index in [-0.39, 0.29) is 11.7 Å². The Labute approximate surface area is 129 Å². The third-order valence-electron chi connectivity index (χ3n) is 6.08. The van der Waals surface area contributed by atoms with Gasteiger partial charge in [-0.2, -0.15) is 0 Å². The summed E-state index contributed by atoms with van der Waals surface area (Å²) in [4.78, 5) is 4.81. The minimum Gasteiger partial charge on any atom is -0.393 e. The Hall–Kier alpha value is -0.160. The van der Waals surface area contributed by atoms with E-state index in [4.69, 9.17) is 4.74 Å². The molecule has 3 unspecified atom stereocenters. The fourth-order valence-electron chi connectivity index (χ4n) is 4.59. The van der Waals surface area contributed by atoms with E-state index in [9.17, 15) is 5.11 Å². The summed E-state index contributed by atoms with van der Waals surface area (Å²) in [6, 6.07) is 0.501. The van der Waals surface area contributed by atoms with Crippen molar-refractivity contribution in [1.29, 1.82) is 0 Å². The van der Waals surface area contributed by atoms with Crippen LogP contribution in [0.5, 0.6) is 0 Å². The third-order valence-corrected chi connectivity index (χ3v) is 6.08. The van der Waals surface area contributed by atoms with Crippen molar-refractivity contribution < 1.29 is 9.84 Å². The van der Waals surface area contributed by atoms with E-state index in [0.717, 1.165) is 45.5 Å². The average Bonchev–Trinajstić information content (AvgIpc) is 2.91. The second kappa shape index (κ2) is 6.53. The lowest BCUT2D eigenvalue weighted by molar-refractivity contribution is -0.116. The molecule has 0 aromatic carbocycles. The fourth-order valence-corrected chi connectivity index (χ4v) is 4.59. The first-order chi connectivity index (χ1) is 10.1. The molecule has 3 atom stereocenters. The molecule has 3 rings (SSSR count). The van der Waals surface area contributed by atoms with Gasteiger partial charge in [-0.1, -0.05) is 12.8 Å². The van der Waals surface area contributed by atoms with Gasteiger partial charge in [-0.3, -0.25) is 0 Å². The summed E-state index contributed by atoms with van der Waals surface area (Å²) >= 11 is 0. The summed E-state index contributed by atoms with van der Waals surface area (Å²) in [5.74, 6) is 0.442. The van der Waals surface area contributed by atoms with Gasteiger partial charge in [0.1, 0.15) is 0 Å². The number of aliphatic hydroxyl groups is 1. The van der Waals surface area contributed by atoms with Crippen molar-refractivity contribution in [2.45, 2.75) is 62.7 Å². The van der Waals surface area contributed by atoms with Crippen LogP contribution in [0.25, 0.3) is 0 Å². The van der Waals surface area contributed by atoms with Gasteiger partial charge in [-0.05, 0) is 52.1 Å². The normalized spacial score (nSPS) is 36.1. The van der Waals surface area contributed by atoms with Crippen LogP contribution in [-0.2, 0) is 4.74 Å². The summed E-state index contributed by atoms with van der Waals surface area (Å²) in [5, 5.41) is 10.8. The fraction of sp³-hybridized carbons (Fsp3) is 1.00. The lowest BCUT2D eigenvalue weighted by Crippen LogP contribution is -2.52. The molecule has 0 aromatic rings. The van der Waals surface area contributed by atoms with Crippen LogP contribution < -0.4 is 0 Å². The monoisotopic (exact) mass is 296 g/mol. The van der Waals surface area contributed by atoms with Crippen LogP contribution in [-0.4, -0.2) is 73.0 Å². The van der Waals surface area contributed by atoms with E-state index in [0.29, 0.717) is 12.0 Å². The van der Waals surface area contributed by atoms with Gasteiger partial charge in [0.2, 0.25) is 0 Å². The van der Waals surface area contributed by atoms with Crippen LogP contribution in [0, 0.1) is 5.92 Å². The summed E-state index contributed by atoms with van der Waals surface area (Å²) in [6.45, 7) is 4.19. The van der Waals surface area contributed by atoms with Crippen LogP contribution >= 0.6 is 0 Å². The highest BCUT2D eigenvalue weighted by atomic mass is 16.5. The van der Waals surface area contributed by atoms with Crippen molar-refractivity contribution in [3.05, 3.63) is 0 Å². The van der Waals surface area contributed by atoms with Gasteiger partial charge in [0.05, 0.1) is 11.7 Å². The maximum absolute atomic E-state index is 10.8. The molecule has 0 bridgehead atoms. The van der Waals surface area contributed by atoms with Crippen molar-refractivity contribution in [3.63, 3.8) is 0 Å². The first-order valence-electron chi connectivity index (χ1n) is 8.79. The highest BCUT2D eigenvalue weighted by Crippen LogP contribution is 2.43. The summed E-state index contributed by atoms with van der Waals surface area (Å²) in [7, 11) is 4.39. The van der Waals surface area contributed by atoms with Crippen molar-refractivity contribution in [1.82, 2.24) is 9.80 Å². The Balaban J connectivity index is 1.55. The smallest absolute Gasteiger partial charge is 0.0686 e. The average molecular weight is 296 g/mol. The molecule has 3 fully saturated rings. The highest BCUT2D eigenvalue weighted by molar-refractivity contribution is 4.94. The first kappa shape index (κ1) is 15.7. The molecule has 0 aromatic heterocycles. The largest absolute Gasteiger partial charge is 0.393 e. The first-order valence-corrected chi connectivity index (χ1v) is 8.79. The van der Waals surface area contributed by atoms with Crippen LogP contribution in [0.15, 0.2) is 0 Å². The van der Waals surface area contributed by atoms with E-state index in [1.165, 1.54) is 25.7 Å². The van der Waals surface area contributed by atoms with Crippen LogP contribution in [0.1, 0.15) is 44.9 Å². The molecule has 21 heavy (non-hydrogen) atoms. The van der Waals surface area contributed by atoms with E-state index in [1.54, 1.807) is 0 Å². The molecule has 2 saturated heterocycles. The van der Waals surface area contributed by atoms with Gasteiger partial charge in [0.25, 0.3) is 0 Å². The predicted molar refractivity (Wildman–Crippen MR) is 84.4 cm³/mol. The molecule has 122 valence electrons. The van der Waals surface area contributed by atoms with Gasteiger partial charge in [0, 0.05) is 32.3 Å². The zero-order valence-corrected chi connectivity index (χ0v) is 13.8. The maximum atomic E-state index is 10.8. The second-order valence-corrected chi connectivity index (χ2v) is 7.69. The number of aliphatic hydroxyl groups excluding tert-OH is 1. The van der Waals surface area contributed by atoms with Crippen LogP contribution in [0.4, 0.5) is 0 Å². The Morgan fingerprint density at radius 2 is 2.00 bits per heavy atom. The number of ether oxygens (including phenoxy) is 1. The van der Waals surface area contributed by atoms with E-state index in [2.05, 4.69) is 23.9 Å². The third kappa shape index (κ3) is 3.61. The minimum absolute atomic E-state index is 0.124. The van der Waals surface area contributed by atoms with Crippen molar-refractivity contribution >= 4 is 0 Å². The Kier molecular flexibility index (Phi) is 4.89. The second-order valence-electron chi connectivity index (χ2n) is 7.69. The number of nitrogens with zero attached hydrogens (tertiary/aromatic N) is 2. The van der Waals surface area contributed by atoms with Gasteiger partial charge in [-0.25, -0.2) is 0 Å². The molecule has 3 aliphatic rings. The van der Waals surface area contributed by atoms with Crippen LogP contribution in [0.3, 0.4) is 0 Å². The van der Waals surface area contributed by atoms with Gasteiger partial charge in [0.15, 0.2) is 0 Å². The zero-order valence-electron chi connectivity index (χ0n) is 13.8. The predicted octanol–water partition coefficient (Wildman–Crippen LogP) is 1.72. The minimum atomic E-state index is -0.162. The van der Waals surface area contributed by atoms with Crippen LogP contribution in [0.2, 0.25) is 0 Å². The SMILES string of the molecule is CN1CCN(C)C(CC(O)C2CCOC3(CCCC3)C2)C1. The molecule has 0 radical (unpaired) electrons. The Morgan fingerprint density at radius 1 is 1.24 bits per heavy atom. The van der Waals surface area contributed by atoms with E-state index < -0.39 is 0 Å². The van der Waals surface area contributed by atoms with E-state index >= 15 is 0 Å². The Morgan fingerprint density at radius 3 is 2.76 bits per heavy atom. The van der Waals surface area contributed by atoms with Gasteiger partial charge in [-0.15, -0.1) is 0 Å². The quantitative estimate of drug-likeness (QED) is 0.860. The summed E-state index contributed by atoms with van der Waals surface area (Å²) < 4.78 is 6.11. The number of hydrogen-bond donors (Lipinski definition) is 1. The Bertz CT molecular complexity index is 344. The molecular formula is C17H32N2O2. The molecule has 2 aliphatic heterocycles. The number of piperazine rings is 1. The molecule has 4 heteroatoms. The molecule has 2 heterocycles.